The third kappa shape index (κ3) is 5.74. The van der Waals surface area contributed by atoms with E-state index in [-0.39, 0.29) is 5.54 Å². The monoisotopic (exact) mass is 435 g/mol. The van der Waals surface area contributed by atoms with Gasteiger partial charge in [-0.15, -0.1) is 0 Å². The zero-order chi connectivity index (χ0) is 22.4. The normalized spacial score (nSPS) is 24.1. The molecule has 1 aliphatic carbocycles. The van der Waals surface area contributed by atoms with Gasteiger partial charge in [-0.2, -0.15) is 0 Å². The zero-order valence-corrected chi connectivity index (χ0v) is 20.0. The Morgan fingerprint density at radius 1 is 0.969 bits per heavy atom. The summed E-state index contributed by atoms with van der Waals surface area (Å²) in [7, 11) is 1.67. The summed E-state index contributed by atoms with van der Waals surface area (Å²) in [6, 6.07) is 16.3. The molecule has 3 unspecified atom stereocenters. The van der Waals surface area contributed by atoms with Crippen molar-refractivity contribution in [2.24, 2.45) is 5.92 Å². The Hall–Kier alpha value is -1.84. The Morgan fingerprint density at radius 2 is 1.72 bits per heavy atom. The molecule has 1 saturated carbocycles. The summed E-state index contributed by atoms with van der Waals surface area (Å²) in [6.07, 6.45) is 13.0. The second-order valence-electron chi connectivity index (χ2n) is 10.3. The van der Waals surface area contributed by atoms with Crippen molar-refractivity contribution in [2.75, 3.05) is 13.7 Å². The Morgan fingerprint density at radius 3 is 2.41 bits per heavy atom. The van der Waals surface area contributed by atoms with Crippen molar-refractivity contribution < 1.29 is 9.84 Å². The van der Waals surface area contributed by atoms with E-state index in [1.54, 1.807) is 7.11 Å². The van der Waals surface area contributed by atoms with Crippen molar-refractivity contribution in [3.8, 4) is 5.75 Å². The van der Waals surface area contributed by atoms with Crippen LogP contribution in [0.25, 0.3) is 0 Å². The maximum Gasteiger partial charge on any atom is 0.118 e. The quantitative estimate of drug-likeness (QED) is 0.482. The molecule has 2 fully saturated rings. The number of hydrogen-bond donors (Lipinski definition) is 2. The van der Waals surface area contributed by atoms with Gasteiger partial charge in [0, 0.05) is 5.54 Å². The highest BCUT2D eigenvalue weighted by Crippen LogP contribution is 2.40. The molecule has 2 aromatic rings. The predicted molar refractivity (Wildman–Crippen MR) is 132 cm³/mol. The van der Waals surface area contributed by atoms with E-state index in [2.05, 4.69) is 30.4 Å². The average molecular weight is 436 g/mol. The highest BCUT2D eigenvalue weighted by Gasteiger charge is 2.36. The van der Waals surface area contributed by atoms with Crippen LogP contribution in [-0.2, 0) is 0 Å². The summed E-state index contributed by atoms with van der Waals surface area (Å²) in [6.45, 7) is 3.54. The molecule has 1 saturated heterocycles. The van der Waals surface area contributed by atoms with Gasteiger partial charge in [0.25, 0.3) is 0 Å². The first-order valence-corrected chi connectivity index (χ1v) is 12.8. The van der Waals surface area contributed by atoms with Crippen molar-refractivity contribution in [3.63, 3.8) is 0 Å². The summed E-state index contributed by atoms with van der Waals surface area (Å²) >= 11 is 0. The van der Waals surface area contributed by atoms with E-state index in [0.29, 0.717) is 5.92 Å². The molecule has 174 valence electrons. The van der Waals surface area contributed by atoms with Crippen LogP contribution in [0.15, 0.2) is 48.5 Å². The molecule has 0 amide bonds. The first-order chi connectivity index (χ1) is 15.6. The highest BCUT2D eigenvalue weighted by molar-refractivity contribution is 5.36. The largest absolute Gasteiger partial charge is 0.497 e. The lowest BCUT2D eigenvalue weighted by Gasteiger charge is -2.43. The predicted octanol–water partition coefficient (Wildman–Crippen LogP) is 6.75. The van der Waals surface area contributed by atoms with Gasteiger partial charge in [-0.3, -0.25) is 0 Å². The molecule has 3 heteroatoms. The van der Waals surface area contributed by atoms with Crippen LogP contribution in [-0.4, -0.2) is 24.3 Å². The van der Waals surface area contributed by atoms with Crippen LogP contribution >= 0.6 is 0 Å². The van der Waals surface area contributed by atoms with Crippen molar-refractivity contribution in [3.05, 3.63) is 65.2 Å². The van der Waals surface area contributed by atoms with E-state index in [1.165, 1.54) is 69.8 Å². The summed E-state index contributed by atoms with van der Waals surface area (Å²) in [5.41, 5.74) is 3.49. The van der Waals surface area contributed by atoms with E-state index in [0.717, 1.165) is 29.3 Å². The van der Waals surface area contributed by atoms with Crippen LogP contribution in [0.4, 0.5) is 0 Å². The Labute approximate surface area is 194 Å². The van der Waals surface area contributed by atoms with Crippen molar-refractivity contribution >= 4 is 0 Å². The highest BCUT2D eigenvalue weighted by atomic mass is 16.5. The van der Waals surface area contributed by atoms with Gasteiger partial charge >= 0.3 is 0 Å². The van der Waals surface area contributed by atoms with Gasteiger partial charge in [-0.05, 0) is 72.9 Å². The molecule has 1 aliphatic heterocycles. The Balaban J connectivity index is 1.48. The lowest BCUT2D eigenvalue weighted by molar-refractivity contribution is 0.160. The molecule has 2 aromatic carbocycles. The standard InChI is InChI=1S/C29H41NO2/c1-22(20-29(17-6-7-18-30-29)21-23-9-4-3-5-10-23)25-11-8-12-26(19-25)28(31)24-13-15-27(32-2)16-14-24/h8,11-16,19,22-23,28,30-31H,3-7,9-10,17-18,20-21H2,1-2H3. The fourth-order valence-electron chi connectivity index (χ4n) is 6.12. The number of piperidine rings is 1. The van der Waals surface area contributed by atoms with E-state index in [9.17, 15) is 5.11 Å². The molecular weight excluding hydrogens is 394 g/mol. The van der Waals surface area contributed by atoms with Gasteiger partial charge in [-0.25, -0.2) is 0 Å². The number of nitrogens with one attached hydrogen (secondary N) is 1. The van der Waals surface area contributed by atoms with E-state index in [4.69, 9.17) is 4.74 Å². The van der Waals surface area contributed by atoms with E-state index in [1.807, 2.05) is 30.3 Å². The molecule has 0 aromatic heterocycles. The number of benzene rings is 2. The van der Waals surface area contributed by atoms with Crippen LogP contribution in [0.3, 0.4) is 0 Å². The van der Waals surface area contributed by atoms with Crippen molar-refractivity contribution in [1.82, 2.24) is 5.32 Å². The number of ether oxygens (including phenoxy) is 1. The SMILES string of the molecule is COc1ccc(C(O)c2cccc(C(C)CC3(CC4CCCCC4)CCCCN3)c2)cc1. The fourth-order valence-corrected chi connectivity index (χ4v) is 6.12. The number of rotatable bonds is 8. The number of methoxy groups -OCH3 is 1. The Kier molecular flexibility index (Phi) is 7.91. The van der Waals surface area contributed by atoms with E-state index >= 15 is 0 Å². The van der Waals surface area contributed by atoms with Gasteiger partial charge in [-0.1, -0.05) is 81.8 Å². The molecule has 0 spiro atoms. The maximum absolute atomic E-state index is 11.0. The number of hydrogen-bond acceptors (Lipinski definition) is 3. The minimum Gasteiger partial charge on any atom is -0.497 e. The first kappa shape index (κ1) is 23.3. The van der Waals surface area contributed by atoms with Gasteiger partial charge in [0.15, 0.2) is 0 Å². The van der Waals surface area contributed by atoms with Gasteiger partial charge < -0.3 is 15.2 Å². The molecule has 2 aliphatic rings. The molecule has 3 atom stereocenters. The van der Waals surface area contributed by atoms with Gasteiger partial charge in [0.1, 0.15) is 11.9 Å². The van der Waals surface area contributed by atoms with Gasteiger partial charge in [0.2, 0.25) is 0 Å². The average Bonchev–Trinajstić information content (AvgIpc) is 2.85. The van der Waals surface area contributed by atoms with Gasteiger partial charge in [0.05, 0.1) is 7.11 Å². The topological polar surface area (TPSA) is 41.5 Å². The third-order valence-electron chi connectivity index (χ3n) is 7.91. The fraction of sp³-hybridized carbons (Fsp3) is 0.586. The van der Waals surface area contributed by atoms with Crippen LogP contribution < -0.4 is 10.1 Å². The summed E-state index contributed by atoms with van der Waals surface area (Å²) < 4.78 is 5.25. The smallest absolute Gasteiger partial charge is 0.118 e. The lowest BCUT2D eigenvalue weighted by Crippen LogP contribution is -2.50. The second-order valence-corrected chi connectivity index (χ2v) is 10.3. The minimum absolute atomic E-state index is 0.282. The molecule has 0 bridgehead atoms. The summed E-state index contributed by atoms with van der Waals surface area (Å²) in [5, 5.41) is 15.0. The van der Waals surface area contributed by atoms with Crippen LogP contribution in [0, 0.1) is 5.92 Å². The van der Waals surface area contributed by atoms with Crippen LogP contribution in [0.5, 0.6) is 5.75 Å². The molecule has 32 heavy (non-hydrogen) atoms. The van der Waals surface area contributed by atoms with Crippen LogP contribution in [0.1, 0.15) is 99.8 Å². The molecule has 1 heterocycles. The Bertz CT molecular complexity index is 834. The number of aliphatic hydroxyl groups is 1. The third-order valence-corrected chi connectivity index (χ3v) is 7.91. The maximum atomic E-state index is 11.0. The minimum atomic E-state index is -0.614. The summed E-state index contributed by atoms with van der Waals surface area (Å²) in [4.78, 5) is 0. The molecule has 0 radical (unpaired) electrons. The second kappa shape index (κ2) is 10.9. The molecular formula is C29H41NO2. The zero-order valence-electron chi connectivity index (χ0n) is 20.0. The summed E-state index contributed by atoms with van der Waals surface area (Å²) in [5.74, 6) is 2.17. The molecule has 3 nitrogen and oxygen atoms in total. The molecule has 4 rings (SSSR count). The lowest BCUT2D eigenvalue weighted by atomic mass is 9.71. The number of aliphatic hydroxyl groups excluding tert-OH is 1. The van der Waals surface area contributed by atoms with Crippen LogP contribution in [0.2, 0.25) is 0 Å². The van der Waals surface area contributed by atoms with Crippen molar-refractivity contribution in [1.29, 1.82) is 0 Å². The van der Waals surface area contributed by atoms with E-state index < -0.39 is 6.10 Å². The van der Waals surface area contributed by atoms with Crippen molar-refractivity contribution in [2.45, 2.75) is 88.7 Å². The molecule has 2 N–H and O–H groups in total. The first-order valence-electron chi connectivity index (χ1n) is 12.8.